The Morgan fingerprint density at radius 2 is 2.04 bits per heavy atom. The van der Waals surface area contributed by atoms with Crippen LogP contribution in [0.4, 0.5) is 10.1 Å². The van der Waals surface area contributed by atoms with E-state index in [1.165, 1.54) is 13.2 Å². The summed E-state index contributed by atoms with van der Waals surface area (Å²) in [4.78, 5) is 12.8. The number of anilines is 1. The molecule has 1 heterocycles. The quantitative estimate of drug-likeness (QED) is 0.623. The van der Waals surface area contributed by atoms with Gasteiger partial charge in [-0.15, -0.1) is 0 Å². The molecule has 0 aromatic heterocycles. The molecule has 126 valence electrons. The normalized spacial score (nSPS) is 20.2. The van der Waals surface area contributed by atoms with Crippen molar-refractivity contribution in [3.05, 3.63) is 70.0 Å². The molecular formula is C18H19FN2O3. The first-order valence-corrected chi connectivity index (χ1v) is 7.86. The Morgan fingerprint density at radius 1 is 1.29 bits per heavy atom. The molecule has 1 aliphatic heterocycles. The molecule has 1 aliphatic rings. The summed E-state index contributed by atoms with van der Waals surface area (Å²) in [6, 6.07) is 13.5. The first-order valence-electron chi connectivity index (χ1n) is 7.86. The zero-order valence-corrected chi connectivity index (χ0v) is 13.4. The number of benzene rings is 2. The summed E-state index contributed by atoms with van der Waals surface area (Å²) in [5, 5.41) is 11.2. The van der Waals surface area contributed by atoms with E-state index in [0.29, 0.717) is 24.3 Å². The van der Waals surface area contributed by atoms with E-state index < -0.39 is 11.9 Å². The van der Waals surface area contributed by atoms with Gasteiger partial charge in [0, 0.05) is 23.5 Å². The van der Waals surface area contributed by atoms with Crippen LogP contribution >= 0.6 is 0 Å². The van der Waals surface area contributed by atoms with Crippen molar-refractivity contribution in [3.63, 3.8) is 0 Å². The van der Waals surface area contributed by atoms with E-state index in [1.807, 2.05) is 30.3 Å². The maximum Gasteiger partial charge on any atom is 0.232 e. The van der Waals surface area contributed by atoms with E-state index in [1.54, 1.807) is 17.0 Å². The number of rotatable bonds is 5. The molecule has 0 unspecified atom stereocenters. The molecule has 0 N–H and O–H groups in total. The highest BCUT2D eigenvalue weighted by atomic mass is 19.1. The third-order valence-corrected chi connectivity index (χ3v) is 4.47. The van der Waals surface area contributed by atoms with Gasteiger partial charge in [-0.1, -0.05) is 30.3 Å². The lowest BCUT2D eigenvalue weighted by Gasteiger charge is -2.26. The highest BCUT2D eigenvalue weighted by Crippen LogP contribution is 2.33. The van der Waals surface area contributed by atoms with Gasteiger partial charge in [-0.05, 0) is 24.1 Å². The summed E-state index contributed by atoms with van der Waals surface area (Å²) in [7, 11) is 1.52. The molecule has 3 rings (SSSR count). The van der Waals surface area contributed by atoms with E-state index in [4.69, 9.17) is 4.74 Å². The molecule has 0 radical (unpaired) electrons. The minimum atomic E-state index is -0.690. The molecule has 0 aliphatic carbocycles. The van der Waals surface area contributed by atoms with Crippen LogP contribution in [0.5, 0.6) is 5.75 Å². The third kappa shape index (κ3) is 3.32. The second kappa shape index (κ2) is 6.86. The van der Waals surface area contributed by atoms with Gasteiger partial charge < -0.3 is 9.64 Å². The number of hydrogen-bond acceptors (Lipinski definition) is 4. The van der Waals surface area contributed by atoms with Crippen molar-refractivity contribution in [1.82, 2.24) is 0 Å². The van der Waals surface area contributed by atoms with Crippen molar-refractivity contribution < 1.29 is 14.1 Å². The fourth-order valence-corrected chi connectivity index (χ4v) is 3.26. The van der Waals surface area contributed by atoms with Crippen LogP contribution < -0.4 is 9.64 Å². The highest BCUT2D eigenvalue weighted by molar-refractivity contribution is 5.54. The van der Waals surface area contributed by atoms with Crippen LogP contribution in [0, 0.1) is 15.9 Å². The molecule has 0 saturated carbocycles. The second-order valence-electron chi connectivity index (χ2n) is 5.99. The maximum absolute atomic E-state index is 14.3. The lowest BCUT2D eigenvalue weighted by molar-refractivity contribution is -0.517. The van der Waals surface area contributed by atoms with Gasteiger partial charge in [0.05, 0.1) is 19.3 Å². The zero-order valence-electron chi connectivity index (χ0n) is 13.4. The van der Waals surface area contributed by atoms with Crippen molar-refractivity contribution >= 4 is 5.69 Å². The molecule has 24 heavy (non-hydrogen) atoms. The van der Waals surface area contributed by atoms with E-state index in [-0.39, 0.29) is 17.5 Å². The Kier molecular flexibility index (Phi) is 4.64. The Balaban J connectivity index is 1.91. The number of nitrogens with zero attached hydrogens (tertiary/aromatic N) is 2. The Hall–Kier alpha value is -2.63. The Labute approximate surface area is 139 Å². The largest absolute Gasteiger partial charge is 0.497 e. The summed E-state index contributed by atoms with van der Waals surface area (Å²) in [6.07, 6.45) is 1.04. The van der Waals surface area contributed by atoms with Crippen LogP contribution in [0.2, 0.25) is 0 Å². The molecular weight excluding hydrogens is 311 g/mol. The monoisotopic (exact) mass is 330 g/mol. The topological polar surface area (TPSA) is 55.6 Å². The summed E-state index contributed by atoms with van der Waals surface area (Å²) in [6.45, 7) is 0.203. The molecule has 2 atom stereocenters. The van der Waals surface area contributed by atoms with Crippen molar-refractivity contribution in [2.75, 3.05) is 18.6 Å². The number of ether oxygens (including phenoxy) is 1. The molecule has 0 spiro atoms. The van der Waals surface area contributed by atoms with Crippen LogP contribution in [0.1, 0.15) is 12.0 Å². The average molecular weight is 330 g/mol. The van der Waals surface area contributed by atoms with Gasteiger partial charge in [-0.3, -0.25) is 10.1 Å². The zero-order chi connectivity index (χ0) is 17.1. The summed E-state index contributed by atoms with van der Waals surface area (Å²) >= 11 is 0. The number of hydrogen-bond donors (Lipinski definition) is 0. The van der Waals surface area contributed by atoms with Crippen molar-refractivity contribution in [1.29, 1.82) is 0 Å². The highest BCUT2D eigenvalue weighted by Gasteiger charge is 2.40. The molecule has 2 aromatic rings. The predicted octanol–water partition coefficient (Wildman–Crippen LogP) is 3.30. The summed E-state index contributed by atoms with van der Waals surface area (Å²) < 4.78 is 19.5. The van der Waals surface area contributed by atoms with Crippen LogP contribution in [-0.4, -0.2) is 30.7 Å². The number of methoxy groups -OCH3 is 1. The third-order valence-electron chi connectivity index (χ3n) is 4.47. The summed E-state index contributed by atoms with van der Waals surface area (Å²) in [5.74, 6) is 0.146. The van der Waals surface area contributed by atoms with Crippen molar-refractivity contribution in [3.8, 4) is 5.75 Å². The Morgan fingerprint density at radius 3 is 2.71 bits per heavy atom. The van der Waals surface area contributed by atoms with Crippen LogP contribution in [0.25, 0.3) is 0 Å². The molecule has 1 fully saturated rings. The minimum Gasteiger partial charge on any atom is -0.497 e. The molecule has 6 heteroatoms. The minimum absolute atomic E-state index is 0.121. The average Bonchev–Trinajstić information content (AvgIpc) is 3.00. The van der Waals surface area contributed by atoms with Gasteiger partial charge in [0.1, 0.15) is 11.6 Å². The van der Waals surface area contributed by atoms with Gasteiger partial charge >= 0.3 is 0 Å². The lowest BCUT2D eigenvalue weighted by Crippen LogP contribution is -2.32. The first kappa shape index (κ1) is 16.2. The van der Waals surface area contributed by atoms with Gasteiger partial charge in [0.2, 0.25) is 6.04 Å². The predicted molar refractivity (Wildman–Crippen MR) is 89.6 cm³/mol. The van der Waals surface area contributed by atoms with Crippen LogP contribution in [-0.2, 0) is 6.42 Å². The van der Waals surface area contributed by atoms with Gasteiger partial charge in [-0.25, -0.2) is 4.39 Å². The molecule has 2 aromatic carbocycles. The van der Waals surface area contributed by atoms with E-state index >= 15 is 0 Å². The summed E-state index contributed by atoms with van der Waals surface area (Å²) in [5.41, 5.74) is 1.44. The van der Waals surface area contributed by atoms with Crippen molar-refractivity contribution in [2.24, 2.45) is 0 Å². The van der Waals surface area contributed by atoms with E-state index in [0.717, 1.165) is 5.56 Å². The first-order chi connectivity index (χ1) is 11.6. The fraction of sp³-hybridized carbons (Fsp3) is 0.333. The lowest BCUT2D eigenvalue weighted by atomic mass is 10.0. The van der Waals surface area contributed by atoms with Gasteiger partial charge in [-0.2, -0.15) is 0 Å². The smallest absolute Gasteiger partial charge is 0.232 e. The molecule has 0 amide bonds. The van der Waals surface area contributed by atoms with E-state index in [9.17, 15) is 14.5 Å². The fourth-order valence-electron chi connectivity index (χ4n) is 3.26. The second-order valence-corrected chi connectivity index (χ2v) is 5.99. The molecule has 0 bridgehead atoms. The van der Waals surface area contributed by atoms with E-state index in [2.05, 4.69) is 0 Å². The Bertz CT molecular complexity index is 723. The van der Waals surface area contributed by atoms with Gasteiger partial charge in [0.25, 0.3) is 0 Å². The standard InChI is InChI=1S/C18H19FN2O3/c1-24-16-7-8-17(19)18(11-16)20-12-15(21(22)23)10-14(20)9-13-5-3-2-4-6-13/h2-8,11,14-15H,9-10,12H2,1H3/t14-,15-/m1/s1. The number of nitro groups is 1. The maximum atomic E-state index is 14.3. The van der Waals surface area contributed by atoms with Crippen molar-refractivity contribution in [2.45, 2.75) is 24.9 Å². The number of halogens is 1. The molecule has 1 saturated heterocycles. The van der Waals surface area contributed by atoms with Crippen LogP contribution in [0.3, 0.4) is 0 Å². The van der Waals surface area contributed by atoms with Gasteiger partial charge in [0.15, 0.2) is 0 Å². The molecule has 5 nitrogen and oxygen atoms in total. The SMILES string of the molecule is COc1ccc(F)c(N2C[C@H]([N+](=O)[O-])C[C@H]2Cc2ccccc2)c1. The van der Waals surface area contributed by atoms with Crippen LogP contribution in [0.15, 0.2) is 48.5 Å².